The first-order valence-corrected chi connectivity index (χ1v) is 8.46. The molecule has 0 aromatic carbocycles. The van der Waals surface area contributed by atoms with Crippen molar-refractivity contribution in [3.8, 4) is 5.88 Å². The molecular weight excluding hydrogens is 378 g/mol. The summed E-state index contributed by atoms with van der Waals surface area (Å²) in [4.78, 5) is 5.72. The maximum Gasteiger partial charge on any atom is 0.418 e. The summed E-state index contributed by atoms with van der Waals surface area (Å²) >= 11 is 0. The van der Waals surface area contributed by atoms with E-state index in [1.807, 2.05) is 7.11 Å². The molecular formula is C17H22F6N2O2. The van der Waals surface area contributed by atoms with Gasteiger partial charge in [-0.2, -0.15) is 26.3 Å². The van der Waals surface area contributed by atoms with E-state index in [0.29, 0.717) is 5.54 Å². The van der Waals surface area contributed by atoms with E-state index in [-0.39, 0.29) is 12.3 Å². The number of nitrogens with zero attached hydrogens (tertiary/aromatic N) is 2. The van der Waals surface area contributed by atoms with Gasteiger partial charge in [0.25, 0.3) is 0 Å². The van der Waals surface area contributed by atoms with Crippen molar-refractivity contribution in [2.24, 2.45) is 0 Å². The number of aromatic nitrogens is 1. The number of fused-ring (bicyclic) bond motifs is 1. The van der Waals surface area contributed by atoms with Crippen LogP contribution in [0.1, 0.15) is 36.8 Å². The summed E-state index contributed by atoms with van der Waals surface area (Å²) in [5, 5.41) is 0. The fourth-order valence-electron chi connectivity index (χ4n) is 3.74. The normalized spacial score (nSPS) is 19.4. The highest BCUT2D eigenvalue weighted by Gasteiger charge is 2.44. The average Bonchev–Trinajstić information content (AvgIpc) is 3.13. The molecule has 0 N–H and O–H groups in total. The third-order valence-electron chi connectivity index (χ3n) is 4.92. The maximum absolute atomic E-state index is 12.3. The molecule has 0 bridgehead atoms. The van der Waals surface area contributed by atoms with Crippen LogP contribution in [-0.4, -0.2) is 49.3 Å². The minimum atomic E-state index is -5.11. The zero-order valence-corrected chi connectivity index (χ0v) is 15.1. The number of rotatable bonds is 3. The average molecular weight is 400 g/mol. The molecule has 0 atom stereocenters. The highest BCUT2D eigenvalue weighted by molar-refractivity contribution is 5.33. The van der Waals surface area contributed by atoms with Gasteiger partial charge in [-0.25, -0.2) is 4.98 Å². The molecule has 0 saturated carbocycles. The van der Waals surface area contributed by atoms with Gasteiger partial charge in [-0.15, -0.1) is 0 Å². The van der Waals surface area contributed by atoms with Crippen molar-refractivity contribution in [1.29, 1.82) is 0 Å². The van der Waals surface area contributed by atoms with Crippen LogP contribution in [0, 0.1) is 0 Å². The largest absolute Gasteiger partial charge is 0.481 e. The lowest BCUT2D eigenvalue weighted by Gasteiger charge is -2.30. The molecule has 2 saturated heterocycles. The van der Waals surface area contributed by atoms with Crippen molar-refractivity contribution >= 4 is 0 Å². The topological polar surface area (TPSA) is 34.6 Å². The van der Waals surface area contributed by atoms with Crippen LogP contribution in [0.5, 0.6) is 5.88 Å². The Balaban J connectivity index is 0.000000206. The first-order chi connectivity index (χ1) is 12.5. The van der Waals surface area contributed by atoms with Gasteiger partial charge >= 0.3 is 12.4 Å². The highest BCUT2D eigenvalue weighted by atomic mass is 19.4. The molecule has 154 valence electrons. The van der Waals surface area contributed by atoms with Gasteiger partial charge in [0, 0.05) is 24.9 Å². The van der Waals surface area contributed by atoms with Crippen LogP contribution in [0.25, 0.3) is 0 Å². The van der Waals surface area contributed by atoms with Crippen molar-refractivity contribution in [3.05, 3.63) is 23.4 Å². The number of hydrogen-bond donors (Lipinski definition) is 0. The van der Waals surface area contributed by atoms with Gasteiger partial charge in [0.05, 0.1) is 24.8 Å². The lowest BCUT2D eigenvalue weighted by molar-refractivity contribution is -0.162. The van der Waals surface area contributed by atoms with E-state index in [4.69, 9.17) is 4.74 Å². The first kappa shape index (κ1) is 21.7. The third-order valence-corrected chi connectivity index (χ3v) is 4.92. The van der Waals surface area contributed by atoms with Crippen molar-refractivity contribution in [3.63, 3.8) is 0 Å². The zero-order chi connectivity index (χ0) is 20.3. The summed E-state index contributed by atoms with van der Waals surface area (Å²) in [6, 6.07) is 0.211. The summed E-state index contributed by atoms with van der Waals surface area (Å²) < 4.78 is 83.3. The van der Waals surface area contributed by atoms with E-state index in [9.17, 15) is 26.3 Å². The van der Waals surface area contributed by atoms with Crippen molar-refractivity contribution < 1.29 is 35.8 Å². The lowest BCUT2D eigenvalue weighted by atomic mass is 9.95. The Bertz CT molecular complexity index is 623. The summed E-state index contributed by atoms with van der Waals surface area (Å²) in [5.74, 6) is -0.527. The van der Waals surface area contributed by atoms with Crippen LogP contribution in [0.15, 0.2) is 12.3 Å². The van der Waals surface area contributed by atoms with Crippen LogP contribution >= 0.6 is 0 Å². The number of ether oxygens (including phenoxy) is 2. The molecule has 0 spiro atoms. The van der Waals surface area contributed by atoms with Crippen molar-refractivity contribution in [2.45, 2.75) is 43.6 Å². The monoisotopic (exact) mass is 400 g/mol. The molecule has 27 heavy (non-hydrogen) atoms. The Hall–Kier alpha value is -1.55. The molecule has 2 aliphatic heterocycles. The number of hydrogen-bond acceptors (Lipinski definition) is 4. The smallest absolute Gasteiger partial charge is 0.418 e. The SMILES string of the molecule is COCC12CCCN1CCC2.COc1cc(C(F)(F)F)c(C(F)(F)F)cn1. The number of halogens is 6. The van der Waals surface area contributed by atoms with E-state index in [0.717, 1.165) is 13.7 Å². The van der Waals surface area contributed by atoms with Crippen LogP contribution in [0.4, 0.5) is 26.3 Å². The van der Waals surface area contributed by atoms with Crippen LogP contribution in [0.3, 0.4) is 0 Å². The van der Waals surface area contributed by atoms with E-state index in [1.54, 1.807) is 0 Å². The Labute approximate surface area is 153 Å². The third kappa shape index (κ3) is 5.04. The van der Waals surface area contributed by atoms with E-state index in [2.05, 4.69) is 14.6 Å². The zero-order valence-electron chi connectivity index (χ0n) is 15.1. The van der Waals surface area contributed by atoms with Crippen LogP contribution < -0.4 is 4.74 Å². The van der Waals surface area contributed by atoms with Crippen LogP contribution in [-0.2, 0) is 17.1 Å². The van der Waals surface area contributed by atoms with Gasteiger partial charge in [0.15, 0.2) is 0 Å². The summed E-state index contributed by atoms with van der Waals surface area (Å²) in [6.07, 6.45) is -4.64. The molecule has 2 fully saturated rings. The molecule has 0 unspecified atom stereocenters. The van der Waals surface area contributed by atoms with Crippen molar-refractivity contribution in [1.82, 2.24) is 9.88 Å². The predicted molar refractivity (Wildman–Crippen MR) is 85.4 cm³/mol. The van der Waals surface area contributed by atoms with Gasteiger partial charge in [-0.05, 0) is 38.8 Å². The standard InChI is InChI=1S/C9H17NO.C8H5F6NO/c1-11-8-9-4-2-6-10(9)7-3-5-9;1-16-6-2-4(7(9,10)11)5(3-15-6)8(12,13)14/h2-8H2,1H3;2-3H,1H3. The van der Waals surface area contributed by atoms with E-state index in [1.165, 1.54) is 38.8 Å². The molecule has 4 nitrogen and oxygen atoms in total. The van der Waals surface area contributed by atoms with Gasteiger partial charge in [0.1, 0.15) is 0 Å². The molecule has 10 heteroatoms. The Morgan fingerprint density at radius 2 is 1.56 bits per heavy atom. The molecule has 1 aromatic rings. The molecule has 1 aromatic heterocycles. The fourth-order valence-corrected chi connectivity index (χ4v) is 3.74. The second-order valence-electron chi connectivity index (χ2n) is 6.62. The highest BCUT2D eigenvalue weighted by Crippen LogP contribution is 2.41. The molecule has 3 heterocycles. The summed E-state index contributed by atoms with van der Waals surface area (Å²) in [5.41, 5.74) is -3.18. The second kappa shape index (κ2) is 8.22. The number of methoxy groups -OCH3 is 2. The molecule has 0 radical (unpaired) electrons. The Kier molecular flexibility index (Phi) is 6.62. The minimum Gasteiger partial charge on any atom is -0.481 e. The van der Waals surface area contributed by atoms with Gasteiger partial charge < -0.3 is 9.47 Å². The van der Waals surface area contributed by atoms with Crippen LogP contribution in [0.2, 0.25) is 0 Å². The molecule has 0 amide bonds. The number of alkyl halides is 6. The quantitative estimate of drug-likeness (QED) is 0.705. The van der Waals surface area contributed by atoms with E-state index < -0.39 is 29.4 Å². The van der Waals surface area contributed by atoms with Gasteiger partial charge in [-0.1, -0.05) is 0 Å². The molecule has 3 rings (SSSR count). The van der Waals surface area contributed by atoms with Crippen molar-refractivity contribution in [2.75, 3.05) is 33.9 Å². The predicted octanol–water partition coefficient (Wildman–Crippen LogP) is 4.39. The first-order valence-electron chi connectivity index (χ1n) is 8.46. The second-order valence-corrected chi connectivity index (χ2v) is 6.62. The minimum absolute atomic E-state index is 0.0989. The fraction of sp³-hybridized carbons (Fsp3) is 0.706. The number of pyridine rings is 1. The molecule has 2 aliphatic rings. The summed E-state index contributed by atoms with van der Waals surface area (Å²) in [7, 11) is 2.83. The lowest BCUT2D eigenvalue weighted by Crippen LogP contribution is -2.42. The van der Waals surface area contributed by atoms with Gasteiger partial charge in [-0.3, -0.25) is 4.90 Å². The Morgan fingerprint density at radius 3 is 2.00 bits per heavy atom. The molecule has 0 aliphatic carbocycles. The summed E-state index contributed by atoms with van der Waals surface area (Å²) in [6.45, 7) is 3.57. The Morgan fingerprint density at radius 1 is 1.00 bits per heavy atom. The maximum atomic E-state index is 12.3. The van der Waals surface area contributed by atoms with E-state index >= 15 is 0 Å². The van der Waals surface area contributed by atoms with Gasteiger partial charge in [0.2, 0.25) is 5.88 Å².